The van der Waals surface area contributed by atoms with Crippen molar-refractivity contribution in [3.05, 3.63) is 54.6 Å². The largest absolute Gasteiger partial charge is 0.397 e. The molecule has 0 aliphatic heterocycles. The third-order valence-corrected chi connectivity index (χ3v) is 3.76. The Balaban J connectivity index is 2.28. The minimum absolute atomic E-state index is 0.609. The fraction of sp³-hybridized carbons (Fsp3) is 0. The molecule has 0 aliphatic carbocycles. The van der Waals surface area contributed by atoms with Crippen LogP contribution in [0.4, 0.5) is 11.4 Å². The first-order valence-electron chi connectivity index (χ1n) is 6.50. The highest BCUT2D eigenvalue weighted by Crippen LogP contribution is 2.34. The molecule has 3 nitrogen and oxygen atoms in total. The van der Waals surface area contributed by atoms with Gasteiger partial charge in [-0.05, 0) is 29.7 Å². The zero-order chi connectivity index (χ0) is 13.7. The maximum atomic E-state index is 6.18. The number of pyridine rings is 1. The molecule has 0 atom stereocenters. The molecule has 3 aromatic carbocycles. The van der Waals surface area contributed by atoms with Crippen molar-refractivity contribution in [2.24, 2.45) is 0 Å². The summed E-state index contributed by atoms with van der Waals surface area (Å²) in [6.07, 6.45) is 0. The summed E-state index contributed by atoms with van der Waals surface area (Å²) in [7, 11) is 0. The summed E-state index contributed by atoms with van der Waals surface area (Å²) in [6.45, 7) is 0. The molecule has 0 amide bonds. The average Bonchev–Trinajstić information content (AvgIpc) is 2.48. The second-order valence-corrected chi connectivity index (χ2v) is 4.98. The van der Waals surface area contributed by atoms with Crippen molar-refractivity contribution < 1.29 is 0 Å². The van der Waals surface area contributed by atoms with E-state index >= 15 is 0 Å². The Morgan fingerprint density at radius 1 is 0.750 bits per heavy atom. The summed E-state index contributed by atoms with van der Waals surface area (Å²) in [6, 6.07) is 18.1. The van der Waals surface area contributed by atoms with Crippen molar-refractivity contribution in [3.63, 3.8) is 0 Å². The Hall–Kier alpha value is -2.81. The SMILES string of the molecule is Nc1ccc2ccc3nc4ccccc4cc3c2c1N. The molecule has 4 rings (SSSR count). The summed E-state index contributed by atoms with van der Waals surface area (Å²) < 4.78 is 0. The van der Waals surface area contributed by atoms with E-state index in [-0.39, 0.29) is 0 Å². The molecule has 4 N–H and O–H groups in total. The lowest BCUT2D eigenvalue weighted by Gasteiger charge is -2.09. The van der Waals surface area contributed by atoms with E-state index in [1.165, 1.54) is 0 Å². The van der Waals surface area contributed by atoms with Crippen molar-refractivity contribution in [2.75, 3.05) is 11.5 Å². The zero-order valence-corrected chi connectivity index (χ0v) is 10.8. The molecule has 3 heteroatoms. The fourth-order valence-corrected chi connectivity index (χ4v) is 2.72. The predicted octanol–water partition coefficient (Wildman–Crippen LogP) is 3.71. The summed E-state index contributed by atoms with van der Waals surface area (Å²) in [5, 5.41) is 4.22. The summed E-state index contributed by atoms with van der Waals surface area (Å²) in [5.74, 6) is 0. The molecule has 96 valence electrons. The van der Waals surface area contributed by atoms with Gasteiger partial charge >= 0.3 is 0 Å². The number of nitrogens with two attached hydrogens (primary N) is 2. The van der Waals surface area contributed by atoms with Crippen LogP contribution in [0, 0.1) is 0 Å². The number of hydrogen-bond acceptors (Lipinski definition) is 3. The van der Waals surface area contributed by atoms with Gasteiger partial charge < -0.3 is 11.5 Å². The van der Waals surface area contributed by atoms with Gasteiger partial charge in [0.05, 0.1) is 22.4 Å². The summed E-state index contributed by atoms with van der Waals surface area (Å²) >= 11 is 0. The van der Waals surface area contributed by atoms with Crippen molar-refractivity contribution in [1.82, 2.24) is 4.98 Å². The lowest BCUT2D eigenvalue weighted by molar-refractivity contribution is 1.51. The Kier molecular flexibility index (Phi) is 2.12. The van der Waals surface area contributed by atoms with Crippen molar-refractivity contribution in [2.45, 2.75) is 0 Å². The summed E-state index contributed by atoms with van der Waals surface area (Å²) in [4.78, 5) is 4.70. The van der Waals surface area contributed by atoms with E-state index in [2.05, 4.69) is 12.1 Å². The molecule has 4 aromatic rings. The van der Waals surface area contributed by atoms with Crippen molar-refractivity contribution >= 4 is 44.0 Å². The molecule has 20 heavy (non-hydrogen) atoms. The first-order chi connectivity index (χ1) is 9.74. The number of para-hydroxylation sites is 1. The molecule has 1 heterocycles. The van der Waals surface area contributed by atoms with E-state index in [1.807, 2.05) is 42.5 Å². The molecule has 1 aromatic heterocycles. The third kappa shape index (κ3) is 1.43. The van der Waals surface area contributed by atoms with Gasteiger partial charge in [0, 0.05) is 16.2 Å². The smallest absolute Gasteiger partial charge is 0.0716 e. The number of rotatable bonds is 0. The summed E-state index contributed by atoms with van der Waals surface area (Å²) in [5.41, 5.74) is 15.3. The number of hydrogen-bond donors (Lipinski definition) is 2. The van der Waals surface area contributed by atoms with Gasteiger partial charge in [0.1, 0.15) is 0 Å². The molecular formula is C17H13N3. The normalized spacial score (nSPS) is 11.4. The van der Waals surface area contributed by atoms with Crippen LogP contribution in [0.15, 0.2) is 54.6 Å². The third-order valence-electron chi connectivity index (χ3n) is 3.76. The van der Waals surface area contributed by atoms with E-state index in [0.717, 1.165) is 32.6 Å². The molecule has 0 bridgehead atoms. The van der Waals surface area contributed by atoms with E-state index in [9.17, 15) is 0 Å². The Morgan fingerprint density at radius 3 is 2.45 bits per heavy atom. The van der Waals surface area contributed by atoms with E-state index in [1.54, 1.807) is 0 Å². The van der Waals surface area contributed by atoms with Gasteiger partial charge in [-0.1, -0.05) is 30.3 Å². The highest BCUT2D eigenvalue weighted by atomic mass is 14.7. The van der Waals surface area contributed by atoms with E-state index in [0.29, 0.717) is 11.4 Å². The molecule has 0 spiro atoms. The van der Waals surface area contributed by atoms with Gasteiger partial charge in [0.15, 0.2) is 0 Å². The zero-order valence-electron chi connectivity index (χ0n) is 10.8. The van der Waals surface area contributed by atoms with Crippen molar-refractivity contribution in [1.29, 1.82) is 0 Å². The van der Waals surface area contributed by atoms with E-state index in [4.69, 9.17) is 16.5 Å². The Bertz CT molecular complexity index is 974. The molecular weight excluding hydrogens is 246 g/mol. The number of anilines is 2. The van der Waals surface area contributed by atoms with Gasteiger partial charge in [0.2, 0.25) is 0 Å². The van der Waals surface area contributed by atoms with Gasteiger partial charge in [-0.2, -0.15) is 0 Å². The van der Waals surface area contributed by atoms with Crippen LogP contribution in [0.5, 0.6) is 0 Å². The van der Waals surface area contributed by atoms with Crippen LogP contribution in [0.25, 0.3) is 32.6 Å². The standard InChI is InChI=1S/C17H13N3/c18-13-7-5-10-6-8-15-12(16(10)17(13)19)9-11-3-1-2-4-14(11)20-15/h1-9H,18-19H2. The average molecular weight is 259 g/mol. The number of nitrogens with zero attached hydrogens (tertiary/aromatic N) is 1. The molecule has 0 unspecified atom stereocenters. The van der Waals surface area contributed by atoms with Crippen LogP contribution < -0.4 is 11.5 Å². The second kappa shape index (κ2) is 3.84. The molecule has 0 radical (unpaired) electrons. The molecule has 0 saturated carbocycles. The van der Waals surface area contributed by atoms with Gasteiger partial charge in [-0.15, -0.1) is 0 Å². The maximum absolute atomic E-state index is 6.18. The Morgan fingerprint density at radius 2 is 1.55 bits per heavy atom. The van der Waals surface area contributed by atoms with Crippen LogP contribution in [-0.2, 0) is 0 Å². The molecule has 0 saturated heterocycles. The number of benzene rings is 3. The van der Waals surface area contributed by atoms with Gasteiger partial charge in [-0.3, -0.25) is 0 Å². The highest BCUT2D eigenvalue weighted by Gasteiger charge is 2.08. The second-order valence-electron chi connectivity index (χ2n) is 4.98. The topological polar surface area (TPSA) is 64.9 Å². The number of nitrogen functional groups attached to an aromatic ring is 2. The fourth-order valence-electron chi connectivity index (χ4n) is 2.72. The van der Waals surface area contributed by atoms with Crippen LogP contribution in [-0.4, -0.2) is 4.98 Å². The Labute approximate surface area is 115 Å². The van der Waals surface area contributed by atoms with Gasteiger partial charge in [-0.25, -0.2) is 4.98 Å². The van der Waals surface area contributed by atoms with Crippen LogP contribution in [0.3, 0.4) is 0 Å². The quantitative estimate of drug-likeness (QED) is 0.287. The molecule has 0 aliphatic rings. The van der Waals surface area contributed by atoms with E-state index < -0.39 is 0 Å². The monoisotopic (exact) mass is 259 g/mol. The minimum atomic E-state index is 0.609. The van der Waals surface area contributed by atoms with Crippen LogP contribution in [0.2, 0.25) is 0 Å². The maximum Gasteiger partial charge on any atom is 0.0716 e. The molecule has 0 fully saturated rings. The van der Waals surface area contributed by atoms with Crippen LogP contribution in [0.1, 0.15) is 0 Å². The minimum Gasteiger partial charge on any atom is -0.397 e. The lowest BCUT2D eigenvalue weighted by Crippen LogP contribution is -1.96. The highest BCUT2D eigenvalue weighted by molar-refractivity contribution is 6.16. The number of fused-ring (bicyclic) bond motifs is 4. The first kappa shape index (κ1) is 11.1. The van der Waals surface area contributed by atoms with Crippen molar-refractivity contribution in [3.8, 4) is 0 Å². The van der Waals surface area contributed by atoms with Gasteiger partial charge in [0.25, 0.3) is 0 Å². The van der Waals surface area contributed by atoms with Crippen LogP contribution >= 0.6 is 0 Å². The number of aromatic nitrogens is 1. The predicted molar refractivity (Wildman–Crippen MR) is 85.6 cm³/mol. The first-order valence-corrected chi connectivity index (χ1v) is 6.50. The lowest BCUT2D eigenvalue weighted by atomic mass is 10.0.